The monoisotopic (exact) mass is 222 g/mol. The van der Waals surface area contributed by atoms with Gasteiger partial charge in [-0.2, -0.15) is 0 Å². The van der Waals surface area contributed by atoms with Crippen molar-refractivity contribution in [2.45, 2.75) is 39.8 Å². The molecule has 88 valence electrons. The highest BCUT2D eigenvalue weighted by molar-refractivity contribution is 5.84. The topological polar surface area (TPSA) is 66.9 Å². The van der Waals surface area contributed by atoms with E-state index in [0.29, 0.717) is 5.82 Å². The fourth-order valence-electron chi connectivity index (χ4n) is 1.23. The van der Waals surface area contributed by atoms with E-state index in [1.54, 1.807) is 19.3 Å². The summed E-state index contributed by atoms with van der Waals surface area (Å²) < 4.78 is 0. The minimum Gasteiger partial charge on any atom is -0.357 e. The van der Waals surface area contributed by atoms with Gasteiger partial charge in [-0.1, -0.05) is 0 Å². The minimum atomic E-state index is -0.321. The van der Waals surface area contributed by atoms with Crippen LogP contribution in [0.3, 0.4) is 0 Å². The highest BCUT2D eigenvalue weighted by Gasteiger charge is 2.14. The van der Waals surface area contributed by atoms with Crippen LogP contribution < -0.4 is 10.6 Å². The predicted molar refractivity (Wildman–Crippen MR) is 63.1 cm³/mol. The number of nitrogens with zero attached hydrogens (tertiary/aromatic N) is 2. The SMILES string of the molecule is Cc1nccnc1NC(C)C(=O)NC(C)C. The second kappa shape index (κ2) is 5.44. The predicted octanol–water partition coefficient (Wildman–Crippen LogP) is 1.11. The summed E-state index contributed by atoms with van der Waals surface area (Å²) in [6.45, 7) is 7.50. The van der Waals surface area contributed by atoms with Crippen molar-refractivity contribution in [3.8, 4) is 0 Å². The summed E-state index contributed by atoms with van der Waals surface area (Å²) in [6.07, 6.45) is 3.22. The van der Waals surface area contributed by atoms with E-state index in [4.69, 9.17) is 0 Å². The van der Waals surface area contributed by atoms with Crippen molar-refractivity contribution in [3.05, 3.63) is 18.1 Å². The summed E-state index contributed by atoms with van der Waals surface area (Å²) in [4.78, 5) is 19.9. The summed E-state index contributed by atoms with van der Waals surface area (Å²) in [5.41, 5.74) is 0.784. The molecule has 0 spiro atoms. The molecule has 1 unspecified atom stereocenters. The number of aryl methyl sites for hydroxylation is 1. The molecule has 16 heavy (non-hydrogen) atoms. The Labute approximate surface area is 95.7 Å². The number of nitrogens with one attached hydrogen (secondary N) is 2. The Balaban J connectivity index is 2.61. The molecular weight excluding hydrogens is 204 g/mol. The van der Waals surface area contributed by atoms with Crippen LogP contribution in [0.25, 0.3) is 0 Å². The maximum atomic E-state index is 11.6. The Hall–Kier alpha value is -1.65. The number of aromatic nitrogens is 2. The molecule has 0 radical (unpaired) electrons. The normalized spacial score (nSPS) is 12.3. The molecule has 0 aromatic carbocycles. The molecule has 1 rings (SSSR count). The van der Waals surface area contributed by atoms with E-state index in [1.165, 1.54) is 0 Å². The minimum absolute atomic E-state index is 0.0416. The van der Waals surface area contributed by atoms with Gasteiger partial charge in [0.05, 0.1) is 5.69 Å². The van der Waals surface area contributed by atoms with Gasteiger partial charge in [0, 0.05) is 18.4 Å². The van der Waals surface area contributed by atoms with Gasteiger partial charge in [0.2, 0.25) is 5.91 Å². The van der Waals surface area contributed by atoms with E-state index in [1.807, 2.05) is 20.8 Å². The fraction of sp³-hybridized carbons (Fsp3) is 0.545. The third-order valence-electron chi connectivity index (χ3n) is 2.06. The van der Waals surface area contributed by atoms with Gasteiger partial charge in [-0.05, 0) is 27.7 Å². The standard InChI is InChI=1S/C11H18N4O/c1-7(2)14-11(16)9(4)15-10-8(3)12-5-6-13-10/h5-7,9H,1-4H3,(H,13,15)(H,14,16). The van der Waals surface area contributed by atoms with Crippen LogP contribution in [-0.2, 0) is 4.79 Å². The fourth-order valence-corrected chi connectivity index (χ4v) is 1.23. The number of carbonyl (C=O) groups excluding carboxylic acids is 1. The smallest absolute Gasteiger partial charge is 0.242 e. The number of amides is 1. The first-order valence-corrected chi connectivity index (χ1v) is 5.35. The number of carbonyl (C=O) groups is 1. The van der Waals surface area contributed by atoms with E-state index in [2.05, 4.69) is 20.6 Å². The summed E-state index contributed by atoms with van der Waals surface area (Å²) >= 11 is 0. The molecule has 5 heteroatoms. The van der Waals surface area contributed by atoms with E-state index < -0.39 is 0 Å². The molecule has 5 nitrogen and oxygen atoms in total. The van der Waals surface area contributed by atoms with Crippen LogP contribution in [0.1, 0.15) is 26.5 Å². The van der Waals surface area contributed by atoms with Gasteiger partial charge in [0.15, 0.2) is 0 Å². The third-order valence-corrected chi connectivity index (χ3v) is 2.06. The molecule has 1 aromatic heterocycles. The number of hydrogen-bond donors (Lipinski definition) is 2. The summed E-state index contributed by atoms with van der Waals surface area (Å²) in [5, 5.41) is 5.86. The first-order chi connectivity index (χ1) is 7.50. The molecular formula is C11H18N4O. The van der Waals surface area contributed by atoms with Crippen molar-refractivity contribution >= 4 is 11.7 Å². The van der Waals surface area contributed by atoms with E-state index in [9.17, 15) is 4.79 Å². The number of hydrogen-bond acceptors (Lipinski definition) is 4. The van der Waals surface area contributed by atoms with Crippen molar-refractivity contribution in [2.24, 2.45) is 0 Å². The van der Waals surface area contributed by atoms with Gasteiger partial charge in [-0.25, -0.2) is 4.98 Å². The molecule has 1 heterocycles. The van der Waals surface area contributed by atoms with Gasteiger partial charge in [-0.15, -0.1) is 0 Å². The van der Waals surface area contributed by atoms with Crippen LogP contribution in [0.4, 0.5) is 5.82 Å². The highest BCUT2D eigenvalue weighted by atomic mass is 16.2. The first kappa shape index (κ1) is 12.4. The lowest BCUT2D eigenvalue weighted by molar-refractivity contribution is -0.122. The Morgan fingerprint density at radius 1 is 1.25 bits per heavy atom. The Morgan fingerprint density at radius 2 is 1.88 bits per heavy atom. The van der Waals surface area contributed by atoms with Crippen molar-refractivity contribution in [1.82, 2.24) is 15.3 Å². The molecule has 0 aliphatic rings. The van der Waals surface area contributed by atoms with Crippen molar-refractivity contribution in [1.29, 1.82) is 0 Å². The molecule has 0 saturated carbocycles. The zero-order valence-corrected chi connectivity index (χ0v) is 10.1. The maximum absolute atomic E-state index is 11.6. The van der Waals surface area contributed by atoms with Crippen molar-refractivity contribution in [2.75, 3.05) is 5.32 Å². The van der Waals surface area contributed by atoms with E-state index in [0.717, 1.165) is 5.69 Å². The van der Waals surface area contributed by atoms with Crippen LogP contribution in [0.5, 0.6) is 0 Å². The second-order valence-electron chi connectivity index (χ2n) is 4.02. The van der Waals surface area contributed by atoms with Crippen LogP contribution in [-0.4, -0.2) is 28.0 Å². The molecule has 1 aromatic rings. The Bertz CT molecular complexity index is 365. The molecule has 0 aliphatic heterocycles. The Morgan fingerprint density at radius 3 is 2.44 bits per heavy atom. The summed E-state index contributed by atoms with van der Waals surface area (Å²) in [6, 6.07) is -0.183. The average Bonchev–Trinajstić information content (AvgIpc) is 2.20. The van der Waals surface area contributed by atoms with Gasteiger partial charge >= 0.3 is 0 Å². The molecule has 0 bridgehead atoms. The lowest BCUT2D eigenvalue weighted by Crippen LogP contribution is -2.41. The van der Waals surface area contributed by atoms with Crippen LogP contribution >= 0.6 is 0 Å². The molecule has 2 N–H and O–H groups in total. The summed E-state index contributed by atoms with van der Waals surface area (Å²) in [5.74, 6) is 0.606. The zero-order valence-electron chi connectivity index (χ0n) is 10.1. The third kappa shape index (κ3) is 3.49. The quantitative estimate of drug-likeness (QED) is 0.801. The van der Waals surface area contributed by atoms with Gasteiger partial charge in [-0.3, -0.25) is 9.78 Å². The molecule has 1 atom stereocenters. The zero-order chi connectivity index (χ0) is 12.1. The molecule has 0 saturated heterocycles. The number of rotatable bonds is 4. The lowest BCUT2D eigenvalue weighted by atomic mass is 10.2. The van der Waals surface area contributed by atoms with Gasteiger partial charge < -0.3 is 10.6 Å². The Kier molecular flexibility index (Phi) is 4.22. The molecule has 1 amide bonds. The highest BCUT2D eigenvalue weighted by Crippen LogP contribution is 2.07. The van der Waals surface area contributed by atoms with Gasteiger partial charge in [0.25, 0.3) is 0 Å². The van der Waals surface area contributed by atoms with E-state index in [-0.39, 0.29) is 18.0 Å². The van der Waals surface area contributed by atoms with Crippen LogP contribution in [0, 0.1) is 6.92 Å². The maximum Gasteiger partial charge on any atom is 0.242 e. The van der Waals surface area contributed by atoms with Crippen LogP contribution in [0.15, 0.2) is 12.4 Å². The summed E-state index contributed by atoms with van der Waals surface area (Å²) in [7, 11) is 0. The van der Waals surface area contributed by atoms with Crippen molar-refractivity contribution in [3.63, 3.8) is 0 Å². The lowest BCUT2D eigenvalue weighted by Gasteiger charge is -2.16. The first-order valence-electron chi connectivity index (χ1n) is 5.35. The second-order valence-corrected chi connectivity index (χ2v) is 4.02. The van der Waals surface area contributed by atoms with Crippen molar-refractivity contribution < 1.29 is 4.79 Å². The molecule has 0 fully saturated rings. The van der Waals surface area contributed by atoms with Gasteiger partial charge in [0.1, 0.15) is 11.9 Å². The van der Waals surface area contributed by atoms with Crippen LogP contribution in [0.2, 0.25) is 0 Å². The average molecular weight is 222 g/mol. The molecule has 0 aliphatic carbocycles. The largest absolute Gasteiger partial charge is 0.357 e. The van der Waals surface area contributed by atoms with E-state index >= 15 is 0 Å². The number of anilines is 1.